The number of amides is 4. The highest BCUT2D eigenvalue weighted by atomic mass is 19.1. The predicted octanol–water partition coefficient (Wildman–Crippen LogP) is 1.89. The minimum Gasteiger partial charge on any atom is -0.354 e. The largest absolute Gasteiger partial charge is 0.354 e. The van der Waals surface area contributed by atoms with Crippen LogP contribution in [0.1, 0.15) is 43.5 Å². The maximum absolute atomic E-state index is 13.1. The minimum atomic E-state index is -0.694. The molecule has 0 saturated carbocycles. The first-order chi connectivity index (χ1) is 13.5. The molecule has 3 N–H and O–H groups in total. The number of hydrogen-bond acceptors (Lipinski definition) is 3. The van der Waals surface area contributed by atoms with Crippen LogP contribution < -0.4 is 16.0 Å². The zero-order valence-corrected chi connectivity index (χ0v) is 16.5. The number of nitrogens with one attached hydrogen (secondary N) is 3. The van der Waals surface area contributed by atoms with Crippen LogP contribution in [0.5, 0.6) is 0 Å². The number of hydrogen-bond donors (Lipinski definition) is 3. The fraction of sp³-hybridized carbons (Fsp3) is 0.550. The lowest BCUT2D eigenvalue weighted by Gasteiger charge is -2.35. The Morgan fingerprint density at radius 1 is 1.11 bits per heavy atom. The normalized spacial score (nSPS) is 15.6. The molecule has 4 amide bonds. The molecular formula is C20H29FN4O3. The Kier molecular flexibility index (Phi) is 8.22. The molecule has 2 rings (SSSR count). The van der Waals surface area contributed by atoms with Crippen molar-refractivity contribution in [3.63, 3.8) is 0 Å². The van der Waals surface area contributed by atoms with E-state index in [2.05, 4.69) is 16.0 Å². The molecule has 1 aromatic carbocycles. The van der Waals surface area contributed by atoms with E-state index >= 15 is 0 Å². The number of halogens is 1. The van der Waals surface area contributed by atoms with Crippen LogP contribution in [0.15, 0.2) is 24.3 Å². The van der Waals surface area contributed by atoms with E-state index < -0.39 is 17.8 Å². The molecule has 0 unspecified atom stereocenters. The van der Waals surface area contributed by atoms with Crippen molar-refractivity contribution < 1.29 is 18.8 Å². The third-order valence-corrected chi connectivity index (χ3v) is 4.85. The van der Waals surface area contributed by atoms with Gasteiger partial charge < -0.3 is 20.9 Å². The molecule has 0 aliphatic carbocycles. The second-order valence-electron chi connectivity index (χ2n) is 6.91. The van der Waals surface area contributed by atoms with Gasteiger partial charge in [-0.15, -0.1) is 0 Å². The summed E-state index contributed by atoms with van der Waals surface area (Å²) in [6.45, 7) is 5.97. The van der Waals surface area contributed by atoms with E-state index in [-0.39, 0.29) is 17.9 Å². The maximum atomic E-state index is 13.1. The van der Waals surface area contributed by atoms with Gasteiger partial charge in [-0.2, -0.15) is 0 Å². The SMILES string of the molecule is CCCNC(=O)[C@H](NC(=O)c1ccc(F)cc1)C1CCN(C(=O)NCC)CC1. The van der Waals surface area contributed by atoms with E-state index in [1.54, 1.807) is 4.90 Å². The average molecular weight is 392 g/mol. The van der Waals surface area contributed by atoms with Crippen molar-refractivity contribution in [3.05, 3.63) is 35.6 Å². The number of carbonyl (C=O) groups is 3. The van der Waals surface area contributed by atoms with Crippen molar-refractivity contribution >= 4 is 17.8 Å². The van der Waals surface area contributed by atoms with Crippen LogP contribution in [-0.2, 0) is 4.79 Å². The Bertz CT molecular complexity index is 673. The Labute approximate surface area is 165 Å². The molecule has 0 aromatic heterocycles. The standard InChI is InChI=1S/C20H29FN4O3/c1-3-11-23-19(27)17(24-18(26)15-5-7-16(21)8-6-15)14-9-12-25(13-10-14)20(28)22-4-2/h5-8,14,17H,3-4,9-13H2,1-2H3,(H,22,28)(H,23,27)(H,24,26)/t17-/m1/s1. The summed E-state index contributed by atoms with van der Waals surface area (Å²) in [7, 11) is 0. The van der Waals surface area contributed by atoms with Gasteiger partial charge in [0.25, 0.3) is 5.91 Å². The molecule has 0 spiro atoms. The van der Waals surface area contributed by atoms with E-state index in [0.29, 0.717) is 44.6 Å². The van der Waals surface area contributed by atoms with Crippen LogP contribution in [0.25, 0.3) is 0 Å². The zero-order valence-electron chi connectivity index (χ0n) is 16.5. The van der Waals surface area contributed by atoms with Gasteiger partial charge in [0.15, 0.2) is 0 Å². The van der Waals surface area contributed by atoms with Gasteiger partial charge >= 0.3 is 6.03 Å². The number of benzene rings is 1. The van der Waals surface area contributed by atoms with Gasteiger partial charge in [0.1, 0.15) is 11.9 Å². The first kappa shape index (κ1) is 21.7. The van der Waals surface area contributed by atoms with Crippen molar-refractivity contribution in [1.29, 1.82) is 0 Å². The number of nitrogens with zero attached hydrogens (tertiary/aromatic N) is 1. The van der Waals surface area contributed by atoms with E-state index in [1.807, 2.05) is 13.8 Å². The van der Waals surface area contributed by atoms with E-state index in [1.165, 1.54) is 24.3 Å². The minimum absolute atomic E-state index is 0.0769. The van der Waals surface area contributed by atoms with E-state index in [9.17, 15) is 18.8 Å². The topological polar surface area (TPSA) is 90.5 Å². The average Bonchev–Trinajstić information content (AvgIpc) is 2.71. The van der Waals surface area contributed by atoms with Gasteiger partial charge in [0.2, 0.25) is 5.91 Å². The molecule has 1 aliphatic rings. The number of rotatable bonds is 7. The van der Waals surface area contributed by atoms with Gasteiger partial charge in [-0.05, 0) is 56.4 Å². The molecule has 1 heterocycles. The number of likely N-dealkylation sites (tertiary alicyclic amines) is 1. The molecule has 154 valence electrons. The lowest BCUT2D eigenvalue weighted by atomic mass is 9.88. The molecular weight excluding hydrogens is 363 g/mol. The lowest BCUT2D eigenvalue weighted by molar-refractivity contribution is -0.124. The molecule has 0 radical (unpaired) electrons. The second-order valence-corrected chi connectivity index (χ2v) is 6.91. The van der Waals surface area contributed by atoms with Crippen LogP contribution in [0, 0.1) is 11.7 Å². The van der Waals surface area contributed by atoms with Gasteiger partial charge in [0, 0.05) is 31.7 Å². The highest BCUT2D eigenvalue weighted by Crippen LogP contribution is 2.22. The van der Waals surface area contributed by atoms with Crippen molar-refractivity contribution in [1.82, 2.24) is 20.9 Å². The molecule has 7 nitrogen and oxygen atoms in total. The van der Waals surface area contributed by atoms with Gasteiger partial charge in [0.05, 0.1) is 0 Å². The molecule has 1 fully saturated rings. The lowest BCUT2D eigenvalue weighted by Crippen LogP contribution is -2.54. The molecule has 1 aliphatic heterocycles. The van der Waals surface area contributed by atoms with Crippen LogP contribution in [0.3, 0.4) is 0 Å². The highest BCUT2D eigenvalue weighted by molar-refractivity contribution is 5.97. The van der Waals surface area contributed by atoms with Gasteiger partial charge in [-0.3, -0.25) is 9.59 Å². The Balaban J connectivity index is 2.05. The summed E-state index contributed by atoms with van der Waals surface area (Å²) in [6.07, 6.45) is 2.02. The fourth-order valence-corrected chi connectivity index (χ4v) is 3.28. The summed E-state index contributed by atoms with van der Waals surface area (Å²) in [5, 5.41) is 8.43. The van der Waals surface area contributed by atoms with Gasteiger partial charge in [-0.25, -0.2) is 9.18 Å². The summed E-state index contributed by atoms with van der Waals surface area (Å²) in [5.74, 6) is -1.14. The Morgan fingerprint density at radius 3 is 2.32 bits per heavy atom. The van der Waals surface area contributed by atoms with E-state index in [0.717, 1.165) is 6.42 Å². The summed E-state index contributed by atoms with van der Waals surface area (Å²) < 4.78 is 13.1. The quantitative estimate of drug-likeness (QED) is 0.662. The third kappa shape index (κ3) is 5.94. The van der Waals surface area contributed by atoms with Crippen molar-refractivity contribution in [2.75, 3.05) is 26.2 Å². The maximum Gasteiger partial charge on any atom is 0.317 e. The number of carbonyl (C=O) groups excluding carboxylic acids is 3. The Hall–Kier alpha value is -2.64. The number of piperidine rings is 1. The molecule has 1 saturated heterocycles. The molecule has 1 aromatic rings. The van der Waals surface area contributed by atoms with Crippen LogP contribution >= 0.6 is 0 Å². The van der Waals surface area contributed by atoms with Crippen LogP contribution in [0.2, 0.25) is 0 Å². The molecule has 1 atom stereocenters. The first-order valence-electron chi connectivity index (χ1n) is 9.83. The molecule has 28 heavy (non-hydrogen) atoms. The summed E-state index contributed by atoms with van der Waals surface area (Å²) in [6, 6.07) is 4.41. The van der Waals surface area contributed by atoms with Crippen LogP contribution in [-0.4, -0.2) is 55.0 Å². The summed E-state index contributed by atoms with van der Waals surface area (Å²) >= 11 is 0. The third-order valence-electron chi connectivity index (χ3n) is 4.85. The predicted molar refractivity (Wildman–Crippen MR) is 104 cm³/mol. The summed E-state index contributed by atoms with van der Waals surface area (Å²) in [5.41, 5.74) is 0.300. The summed E-state index contributed by atoms with van der Waals surface area (Å²) in [4.78, 5) is 38.9. The fourth-order valence-electron chi connectivity index (χ4n) is 3.28. The van der Waals surface area contributed by atoms with Crippen LogP contribution in [0.4, 0.5) is 9.18 Å². The molecule has 8 heteroatoms. The second kappa shape index (κ2) is 10.6. The molecule has 0 bridgehead atoms. The van der Waals surface area contributed by atoms with Crippen molar-refractivity contribution in [2.24, 2.45) is 5.92 Å². The Morgan fingerprint density at radius 2 is 1.75 bits per heavy atom. The van der Waals surface area contributed by atoms with Crippen molar-refractivity contribution in [2.45, 2.75) is 39.2 Å². The van der Waals surface area contributed by atoms with Crippen molar-refractivity contribution in [3.8, 4) is 0 Å². The van der Waals surface area contributed by atoms with Gasteiger partial charge in [-0.1, -0.05) is 6.92 Å². The number of urea groups is 1. The smallest absolute Gasteiger partial charge is 0.317 e. The first-order valence-corrected chi connectivity index (χ1v) is 9.83. The van der Waals surface area contributed by atoms with E-state index in [4.69, 9.17) is 0 Å². The monoisotopic (exact) mass is 392 g/mol. The zero-order chi connectivity index (χ0) is 20.5. The highest BCUT2D eigenvalue weighted by Gasteiger charge is 2.33.